The maximum atomic E-state index is 11.9. The van der Waals surface area contributed by atoms with Gasteiger partial charge in [-0.25, -0.2) is 13.1 Å². The third-order valence-corrected chi connectivity index (χ3v) is 6.24. The van der Waals surface area contributed by atoms with E-state index in [1.807, 2.05) is 0 Å². The van der Waals surface area contributed by atoms with E-state index in [0.717, 1.165) is 11.3 Å². The molecule has 1 unspecified atom stereocenters. The van der Waals surface area contributed by atoms with Crippen LogP contribution < -0.4 is 4.72 Å². The number of thiophene rings is 1. The van der Waals surface area contributed by atoms with Crippen LogP contribution in [0.5, 0.6) is 0 Å². The van der Waals surface area contributed by atoms with Crippen LogP contribution in [0, 0.1) is 0 Å². The zero-order valence-electron chi connectivity index (χ0n) is 9.01. The molecule has 0 radical (unpaired) electrons. The molecule has 1 aromatic rings. The van der Waals surface area contributed by atoms with Gasteiger partial charge in [0, 0.05) is 16.9 Å². The molecule has 0 saturated heterocycles. The molecule has 0 aliphatic rings. The number of rotatable bonds is 6. The average molecular weight is 342 g/mol. The van der Waals surface area contributed by atoms with E-state index in [1.165, 1.54) is 0 Å². The van der Waals surface area contributed by atoms with Crippen molar-refractivity contribution in [3.05, 3.63) is 15.9 Å². The van der Waals surface area contributed by atoms with Crippen LogP contribution >= 0.6 is 27.3 Å². The largest absolute Gasteiger partial charge is 0.481 e. The van der Waals surface area contributed by atoms with Crippen molar-refractivity contribution in [3.8, 4) is 0 Å². The van der Waals surface area contributed by atoms with Crippen LogP contribution in [0.4, 0.5) is 0 Å². The lowest BCUT2D eigenvalue weighted by molar-refractivity contribution is -0.137. The molecule has 0 bridgehead atoms. The maximum absolute atomic E-state index is 11.9. The first-order valence-electron chi connectivity index (χ1n) is 4.80. The first-order valence-corrected chi connectivity index (χ1v) is 7.95. The number of hydrogen-bond acceptors (Lipinski definition) is 4. The van der Waals surface area contributed by atoms with Gasteiger partial charge < -0.3 is 5.11 Å². The number of halogens is 1. The van der Waals surface area contributed by atoms with E-state index in [2.05, 4.69) is 20.7 Å². The van der Waals surface area contributed by atoms with Gasteiger partial charge in [0.05, 0.1) is 0 Å². The van der Waals surface area contributed by atoms with Gasteiger partial charge in [-0.1, -0.05) is 0 Å². The molecule has 0 aromatic carbocycles. The molecule has 1 atom stereocenters. The number of carboxylic acids is 1. The second-order valence-electron chi connectivity index (χ2n) is 3.51. The summed E-state index contributed by atoms with van der Waals surface area (Å²) in [5.74, 6) is -0.937. The van der Waals surface area contributed by atoms with Gasteiger partial charge in [0.1, 0.15) is 4.21 Å². The molecule has 0 aliphatic carbocycles. The molecule has 5 nitrogen and oxygen atoms in total. The Kier molecular flexibility index (Phi) is 5.11. The second kappa shape index (κ2) is 5.94. The minimum absolute atomic E-state index is 0.0602. The van der Waals surface area contributed by atoms with Gasteiger partial charge in [-0.05, 0) is 40.7 Å². The molecule has 2 N–H and O–H groups in total. The molecule has 96 valence electrons. The molecule has 1 aromatic heterocycles. The quantitative estimate of drug-likeness (QED) is 0.829. The number of hydrogen-bond donors (Lipinski definition) is 2. The van der Waals surface area contributed by atoms with Crippen LogP contribution in [0.2, 0.25) is 0 Å². The van der Waals surface area contributed by atoms with Crippen molar-refractivity contribution in [2.45, 2.75) is 30.0 Å². The van der Waals surface area contributed by atoms with Crippen molar-refractivity contribution in [1.29, 1.82) is 0 Å². The molecule has 1 heterocycles. The Hall–Kier alpha value is -0.440. The van der Waals surface area contributed by atoms with Crippen molar-refractivity contribution in [3.63, 3.8) is 0 Å². The first kappa shape index (κ1) is 14.6. The summed E-state index contributed by atoms with van der Waals surface area (Å²) in [5.41, 5.74) is 0. The van der Waals surface area contributed by atoms with E-state index in [1.54, 1.807) is 18.4 Å². The Morgan fingerprint density at radius 2 is 2.29 bits per heavy atom. The Morgan fingerprint density at radius 3 is 2.76 bits per heavy atom. The summed E-state index contributed by atoms with van der Waals surface area (Å²) >= 11 is 4.26. The number of carbonyl (C=O) groups is 1. The Labute approximate surface area is 112 Å². The normalized spacial score (nSPS) is 13.5. The van der Waals surface area contributed by atoms with Crippen LogP contribution in [0.15, 0.2) is 20.1 Å². The van der Waals surface area contributed by atoms with E-state index in [-0.39, 0.29) is 17.1 Å². The van der Waals surface area contributed by atoms with E-state index in [4.69, 9.17) is 5.11 Å². The Morgan fingerprint density at radius 1 is 1.65 bits per heavy atom. The van der Waals surface area contributed by atoms with Gasteiger partial charge in [0.25, 0.3) is 10.0 Å². The van der Waals surface area contributed by atoms with Gasteiger partial charge in [0.2, 0.25) is 0 Å². The van der Waals surface area contributed by atoms with Crippen LogP contribution in [0.25, 0.3) is 0 Å². The van der Waals surface area contributed by atoms with Gasteiger partial charge in [-0.3, -0.25) is 4.79 Å². The predicted molar refractivity (Wildman–Crippen MR) is 68.7 cm³/mol. The summed E-state index contributed by atoms with van der Waals surface area (Å²) in [6.07, 6.45) is 0.201. The number of sulfonamides is 1. The van der Waals surface area contributed by atoms with E-state index in [9.17, 15) is 13.2 Å². The third-order valence-electron chi connectivity index (χ3n) is 1.98. The van der Waals surface area contributed by atoms with Crippen molar-refractivity contribution in [2.75, 3.05) is 0 Å². The lowest BCUT2D eigenvalue weighted by Gasteiger charge is -2.12. The van der Waals surface area contributed by atoms with Crippen molar-refractivity contribution >= 4 is 43.3 Å². The molecule has 8 heteroatoms. The minimum Gasteiger partial charge on any atom is -0.481 e. The highest BCUT2D eigenvalue weighted by Crippen LogP contribution is 2.27. The smallest absolute Gasteiger partial charge is 0.303 e. The zero-order valence-corrected chi connectivity index (χ0v) is 12.2. The third kappa shape index (κ3) is 4.38. The van der Waals surface area contributed by atoms with Gasteiger partial charge in [-0.2, -0.15) is 0 Å². The fourth-order valence-electron chi connectivity index (χ4n) is 1.19. The van der Waals surface area contributed by atoms with E-state index < -0.39 is 22.0 Å². The molecule has 1 rings (SSSR count). The van der Waals surface area contributed by atoms with Gasteiger partial charge in [0.15, 0.2) is 0 Å². The fourth-order valence-corrected chi connectivity index (χ4v) is 4.82. The minimum atomic E-state index is -3.57. The predicted octanol–water partition coefficient (Wildman–Crippen LogP) is 2.04. The highest BCUT2D eigenvalue weighted by molar-refractivity contribution is 9.10. The second-order valence-corrected chi connectivity index (χ2v) is 7.19. The lowest BCUT2D eigenvalue weighted by Crippen LogP contribution is -2.32. The molecule has 0 fully saturated rings. The number of nitrogens with one attached hydrogen (secondary N) is 1. The molecule has 0 saturated carbocycles. The summed E-state index contributed by atoms with van der Waals surface area (Å²) in [5, 5.41) is 10.2. The molecule has 0 spiro atoms. The van der Waals surface area contributed by atoms with Crippen molar-refractivity contribution in [1.82, 2.24) is 4.72 Å². The first-order chi connectivity index (χ1) is 7.83. The van der Waals surface area contributed by atoms with Crippen LogP contribution in [-0.4, -0.2) is 25.5 Å². The molecule has 17 heavy (non-hydrogen) atoms. The molecular formula is C9H12BrNO4S2. The summed E-state index contributed by atoms with van der Waals surface area (Å²) < 4.78 is 26.9. The summed E-state index contributed by atoms with van der Waals surface area (Å²) in [7, 11) is -3.57. The summed E-state index contributed by atoms with van der Waals surface area (Å²) in [6, 6.07) is 1.24. The zero-order chi connectivity index (χ0) is 13.1. The molecule has 0 aliphatic heterocycles. The van der Waals surface area contributed by atoms with Crippen molar-refractivity contribution in [2.24, 2.45) is 0 Å². The lowest BCUT2D eigenvalue weighted by atomic mass is 10.2. The van der Waals surface area contributed by atoms with Crippen molar-refractivity contribution < 1.29 is 18.3 Å². The summed E-state index contributed by atoms with van der Waals surface area (Å²) in [6.45, 7) is 1.64. The maximum Gasteiger partial charge on any atom is 0.303 e. The van der Waals surface area contributed by atoms with Crippen LogP contribution in [0.3, 0.4) is 0 Å². The number of aliphatic carboxylic acids is 1. The van der Waals surface area contributed by atoms with E-state index >= 15 is 0 Å². The van der Waals surface area contributed by atoms with Gasteiger partial charge in [-0.15, -0.1) is 11.3 Å². The number of carboxylic acid groups (broad SMARTS) is 1. The topological polar surface area (TPSA) is 83.5 Å². The summed E-state index contributed by atoms with van der Waals surface area (Å²) in [4.78, 5) is 10.4. The van der Waals surface area contributed by atoms with Crippen LogP contribution in [-0.2, 0) is 14.8 Å². The highest BCUT2D eigenvalue weighted by atomic mass is 79.9. The fraction of sp³-hybridized carbons (Fsp3) is 0.444. The molecule has 0 amide bonds. The monoisotopic (exact) mass is 341 g/mol. The van der Waals surface area contributed by atoms with Crippen LogP contribution in [0.1, 0.15) is 19.8 Å². The SMILES string of the molecule is CC(CCC(=O)O)NS(=O)(=O)c1sccc1Br. The van der Waals surface area contributed by atoms with Gasteiger partial charge >= 0.3 is 5.97 Å². The highest BCUT2D eigenvalue weighted by Gasteiger charge is 2.21. The standard InChI is InChI=1S/C9H12BrNO4S2/c1-6(2-3-8(12)13)11-17(14,15)9-7(10)4-5-16-9/h4-6,11H,2-3H2,1H3,(H,12,13). The Balaban J connectivity index is 2.68. The molecular weight excluding hydrogens is 330 g/mol. The van der Waals surface area contributed by atoms with E-state index in [0.29, 0.717) is 4.47 Å². The Bertz CT molecular complexity index is 497. The average Bonchev–Trinajstić information content (AvgIpc) is 2.61.